The number of hydrogen-bond acceptors (Lipinski definition) is 1. The summed E-state index contributed by atoms with van der Waals surface area (Å²) in [7, 11) is 0. The van der Waals surface area contributed by atoms with Gasteiger partial charge in [-0.2, -0.15) is 0 Å². The van der Waals surface area contributed by atoms with Gasteiger partial charge in [-0.15, -0.1) is 0 Å². The summed E-state index contributed by atoms with van der Waals surface area (Å²) in [4.78, 5) is 0. The second-order valence-corrected chi connectivity index (χ2v) is 5.48. The van der Waals surface area contributed by atoms with Gasteiger partial charge < -0.3 is 5.73 Å². The molecule has 1 nitrogen and oxygen atoms in total. The summed E-state index contributed by atoms with van der Waals surface area (Å²) >= 11 is 0. The molecule has 0 aliphatic heterocycles. The number of benzene rings is 1. The Morgan fingerprint density at radius 3 is 2.33 bits per heavy atom. The van der Waals surface area contributed by atoms with Crippen LogP contribution in [0, 0.1) is 25.2 Å². The van der Waals surface area contributed by atoms with E-state index < -0.39 is 0 Å². The highest BCUT2D eigenvalue weighted by atomic mass is 14.7. The standard InChI is InChI=1S/C14H21N/c1-9-5-6-11(7-10(9)2)13-12(8-15)14(13,3)4/h5-7,12-13H,8,15H2,1-4H3. The second kappa shape index (κ2) is 3.34. The molecule has 0 spiro atoms. The highest BCUT2D eigenvalue weighted by Gasteiger charge is 2.57. The normalized spacial score (nSPS) is 27.8. The molecule has 1 fully saturated rings. The smallest absolute Gasteiger partial charge is 0.00375 e. The lowest BCUT2D eigenvalue weighted by molar-refractivity contribution is 0.558. The van der Waals surface area contributed by atoms with Gasteiger partial charge in [0.15, 0.2) is 0 Å². The average molecular weight is 203 g/mol. The van der Waals surface area contributed by atoms with Crippen molar-refractivity contribution in [3.05, 3.63) is 34.9 Å². The minimum Gasteiger partial charge on any atom is -0.330 e. The molecule has 82 valence electrons. The van der Waals surface area contributed by atoms with Gasteiger partial charge >= 0.3 is 0 Å². The van der Waals surface area contributed by atoms with Gasteiger partial charge in [0.1, 0.15) is 0 Å². The third-order valence-electron chi connectivity index (χ3n) is 4.19. The van der Waals surface area contributed by atoms with Crippen LogP contribution in [-0.4, -0.2) is 6.54 Å². The van der Waals surface area contributed by atoms with Crippen LogP contribution in [0.15, 0.2) is 18.2 Å². The fourth-order valence-electron chi connectivity index (χ4n) is 2.80. The Balaban J connectivity index is 2.29. The van der Waals surface area contributed by atoms with E-state index in [1.165, 1.54) is 16.7 Å². The lowest BCUT2D eigenvalue weighted by atomic mass is 9.99. The molecular formula is C14H21N. The first kappa shape index (κ1) is 10.7. The molecule has 2 N–H and O–H groups in total. The zero-order valence-corrected chi connectivity index (χ0v) is 10.2. The van der Waals surface area contributed by atoms with E-state index in [1.807, 2.05) is 0 Å². The summed E-state index contributed by atoms with van der Waals surface area (Å²) in [5.41, 5.74) is 10.4. The van der Waals surface area contributed by atoms with Crippen molar-refractivity contribution in [2.24, 2.45) is 17.1 Å². The fraction of sp³-hybridized carbons (Fsp3) is 0.571. The summed E-state index contributed by atoms with van der Waals surface area (Å²) in [6, 6.07) is 6.83. The van der Waals surface area contributed by atoms with Gasteiger partial charge in [0.2, 0.25) is 0 Å². The van der Waals surface area contributed by atoms with Crippen molar-refractivity contribution in [3.8, 4) is 0 Å². The molecule has 1 aromatic carbocycles. The summed E-state index contributed by atoms with van der Waals surface area (Å²) < 4.78 is 0. The number of hydrogen-bond donors (Lipinski definition) is 1. The third kappa shape index (κ3) is 1.59. The molecule has 2 unspecified atom stereocenters. The van der Waals surface area contributed by atoms with Gasteiger partial charge in [0.25, 0.3) is 0 Å². The maximum atomic E-state index is 5.81. The lowest BCUT2D eigenvalue weighted by Crippen LogP contribution is -2.05. The van der Waals surface area contributed by atoms with Crippen LogP contribution in [0.25, 0.3) is 0 Å². The quantitative estimate of drug-likeness (QED) is 0.785. The molecule has 0 radical (unpaired) electrons. The molecule has 1 aromatic rings. The fourth-order valence-corrected chi connectivity index (χ4v) is 2.80. The zero-order chi connectivity index (χ0) is 11.2. The van der Waals surface area contributed by atoms with Gasteiger partial charge in [-0.1, -0.05) is 32.0 Å². The largest absolute Gasteiger partial charge is 0.330 e. The zero-order valence-electron chi connectivity index (χ0n) is 10.2. The van der Waals surface area contributed by atoms with E-state index in [0.717, 1.165) is 6.54 Å². The maximum absolute atomic E-state index is 5.81. The Hall–Kier alpha value is -0.820. The predicted octanol–water partition coefficient (Wildman–Crippen LogP) is 3.00. The van der Waals surface area contributed by atoms with E-state index in [4.69, 9.17) is 5.73 Å². The van der Waals surface area contributed by atoms with Crippen LogP contribution in [-0.2, 0) is 0 Å². The molecule has 15 heavy (non-hydrogen) atoms. The Morgan fingerprint density at radius 1 is 1.20 bits per heavy atom. The Morgan fingerprint density at radius 2 is 1.87 bits per heavy atom. The molecule has 1 saturated carbocycles. The van der Waals surface area contributed by atoms with E-state index in [-0.39, 0.29) is 0 Å². The van der Waals surface area contributed by atoms with Crippen molar-refractivity contribution in [1.82, 2.24) is 0 Å². The molecule has 2 rings (SSSR count). The monoisotopic (exact) mass is 203 g/mol. The van der Waals surface area contributed by atoms with Crippen molar-refractivity contribution in [2.75, 3.05) is 6.54 Å². The molecule has 2 atom stereocenters. The first-order valence-corrected chi connectivity index (χ1v) is 5.75. The van der Waals surface area contributed by atoms with Crippen molar-refractivity contribution in [1.29, 1.82) is 0 Å². The van der Waals surface area contributed by atoms with Crippen molar-refractivity contribution in [2.45, 2.75) is 33.6 Å². The van der Waals surface area contributed by atoms with Crippen LogP contribution in [0.5, 0.6) is 0 Å². The maximum Gasteiger partial charge on any atom is -0.00375 e. The van der Waals surface area contributed by atoms with E-state index in [0.29, 0.717) is 17.3 Å². The summed E-state index contributed by atoms with van der Waals surface area (Å²) in [5, 5.41) is 0. The highest BCUT2D eigenvalue weighted by molar-refractivity contribution is 5.37. The number of rotatable bonds is 2. The Bertz CT molecular complexity index is 379. The van der Waals surface area contributed by atoms with Crippen molar-refractivity contribution < 1.29 is 0 Å². The van der Waals surface area contributed by atoms with Gasteiger partial charge in [-0.3, -0.25) is 0 Å². The minimum atomic E-state index is 0.399. The van der Waals surface area contributed by atoms with Crippen LogP contribution in [0.1, 0.15) is 36.5 Å². The average Bonchev–Trinajstić information content (AvgIpc) is 2.73. The summed E-state index contributed by atoms with van der Waals surface area (Å²) in [5.74, 6) is 1.33. The van der Waals surface area contributed by atoms with E-state index in [1.54, 1.807) is 0 Å². The van der Waals surface area contributed by atoms with Crippen LogP contribution in [0.3, 0.4) is 0 Å². The molecular weight excluding hydrogens is 182 g/mol. The van der Waals surface area contributed by atoms with Crippen molar-refractivity contribution >= 4 is 0 Å². The molecule has 0 bridgehead atoms. The van der Waals surface area contributed by atoms with Gasteiger partial charge in [0, 0.05) is 0 Å². The topological polar surface area (TPSA) is 26.0 Å². The molecule has 1 aliphatic rings. The molecule has 1 aliphatic carbocycles. The molecule has 0 heterocycles. The van der Waals surface area contributed by atoms with Crippen LogP contribution < -0.4 is 5.73 Å². The van der Waals surface area contributed by atoms with Gasteiger partial charge in [-0.05, 0) is 54.3 Å². The summed E-state index contributed by atoms with van der Waals surface area (Å²) in [6.45, 7) is 9.81. The third-order valence-corrected chi connectivity index (χ3v) is 4.19. The van der Waals surface area contributed by atoms with E-state index >= 15 is 0 Å². The van der Waals surface area contributed by atoms with Crippen LogP contribution >= 0.6 is 0 Å². The number of nitrogens with two attached hydrogens (primary N) is 1. The predicted molar refractivity (Wildman–Crippen MR) is 65.0 cm³/mol. The van der Waals surface area contributed by atoms with Crippen molar-refractivity contribution in [3.63, 3.8) is 0 Å². The van der Waals surface area contributed by atoms with Gasteiger partial charge in [-0.25, -0.2) is 0 Å². The lowest BCUT2D eigenvalue weighted by Gasteiger charge is -2.06. The van der Waals surface area contributed by atoms with E-state index in [9.17, 15) is 0 Å². The first-order valence-electron chi connectivity index (χ1n) is 5.75. The molecule has 0 amide bonds. The Labute approximate surface area is 92.7 Å². The molecule has 0 aromatic heterocycles. The molecule has 0 saturated heterocycles. The minimum absolute atomic E-state index is 0.399. The second-order valence-electron chi connectivity index (χ2n) is 5.48. The summed E-state index contributed by atoms with van der Waals surface area (Å²) in [6.07, 6.45) is 0. The van der Waals surface area contributed by atoms with Gasteiger partial charge in [0.05, 0.1) is 0 Å². The van der Waals surface area contributed by atoms with Crippen LogP contribution in [0.2, 0.25) is 0 Å². The SMILES string of the molecule is Cc1ccc(C2C(CN)C2(C)C)cc1C. The highest BCUT2D eigenvalue weighted by Crippen LogP contribution is 2.63. The molecule has 1 heteroatoms. The Kier molecular flexibility index (Phi) is 2.38. The number of aryl methyl sites for hydroxylation is 2. The van der Waals surface area contributed by atoms with Crippen LogP contribution in [0.4, 0.5) is 0 Å². The first-order chi connectivity index (χ1) is 6.98. The van der Waals surface area contributed by atoms with E-state index in [2.05, 4.69) is 45.9 Å².